The van der Waals surface area contributed by atoms with Crippen LogP contribution in [0.2, 0.25) is 0 Å². The van der Waals surface area contributed by atoms with E-state index in [2.05, 4.69) is 26.6 Å². The molecule has 2 amide bonds. The summed E-state index contributed by atoms with van der Waals surface area (Å²) in [4.78, 5) is 24.2. The van der Waals surface area contributed by atoms with Gasteiger partial charge in [-0.3, -0.25) is 9.59 Å². The van der Waals surface area contributed by atoms with Crippen LogP contribution in [0.3, 0.4) is 0 Å². The smallest absolute Gasteiger partial charge is 0.242 e. The Bertz CT molecular complexity index is 528. The van der Waals surface area contributed by atoms with Crippen LogP contribution in [0.1, 0.15) is 32.3 Å². The first kappa shape index (κ1) is 15.0. The Kier molecular flexibility index (Phi) is 4.48. The van der Waals surface area contributed by atoms with Gasteiger partial charge in [-0.2, -0.15) is 0 Å². The first-order valence-electron chi connectivity index (χ1n) is 6.76. The van der Waals surface area contributed by atoms with E-state index < -0.39 is 11.5 Å². The minimum Gasteiger partial charge on any atom is -0.354 e. The first-order valence-corrected chi connectivity index (χ1v) is 7.55. The van der Waals surface area contributed by atoms with Crippen LogP contribution < -0.4 is 10.6 Å². The number of hydrogen-bond acceptors (Lipinski definition) is 2. The maximum Gasteiger partial charge on any atom is 0.242 e. The lowest BCUT2D eigenvalue weighted by molar-refractivity contribution is -0.132. The van der Waals surface area contributed by atoms with E-state index in [-0.39, 0.29) is 11.8 Å². The molecule has 20 heavy (non-hydrogen) atoms. The van der Waals surface area contributed by atoms with E-state index >= 15 is 0 Å². The third-order valence-electron chi connectivity index (χ3n) is 3.70. The Morgan fingerprint density at radius 3 is 2.85 bits per heavy atom. The highest BCUT2D eigenvalue weighted by atomic mass is 79.9. The molecule has 1 aliphatic heterocycles. The van der Waals surface area contributed by atoms with Crippen molar-refractivity contribution < 1.29 is 9.59 Å². The Morgan fingerprint density at radius 1 is 1.45 bits per heavy atom. The molecule has 1 aliphatic rings. The van der Waals surface area contributed by atoms with Crippen molar-refractivity contribution in [2.45, 2.75) is 38.1 Å². The molecule has 0 bridgehead atoms. The van der Waals surface area contributed by atoms with Gasteiger partial charge in [0.1, 0.15) is 6.04 Å². The lowest BCUT2D eigenvalue weighted by atomic mass is 9.83. The van der Waals surface area contributed by atoms with Crippen LogP contribution in [0.4, 0.5) is 0 Å². The lowest BCUT2D eigenvalue weighted by Crippen LogP contribution is -2.53. The molecular formula is C15H19BrN2O2. The predicted octanol–water partition coefficient (Wildman–Crippen LogP) is 2.12. The predicted molar refractivity (Wildman–Crippen MR) is 81.3 cm³/mol. The van der Waals surface area contributed by atoms with E-state index in [0.29, 0.717) is 13.0 Å². The Labute approximate surface area is 127 Å². The van der Waals surface area contributed by atoms with Crippen LogP contribution in [0, 0.1) is 0 Å². The van der Waals surface area contributed by atoms with Gasteiger partial charge in [0.05, 0.1) is 5.41 Å². The largest absolute Gasteiger partial charge is 0.354 e. The monoisotopic (exact) mass is 338 g/mol. The number of benzene rings is 1. The molecular weight excluding hydrogens is 320 g/mol. The molecule has 4 nitrogen and oxygen atoms in total. The molecule has 0 saturated carbocycles. The number of hydrogen-bond donors (Lipinski definition) is 2. The molecule has 2 N–H and O–H groups in total. The summed E-state index contributed by atoms with van der Waals surface area (Å²) in [7, 11) is 0. The molecule has 0 unspecified atom stereocenters. The van der Waals surface area contributed by atoms with Crippen LogP contribution in [-0.2, 0) is 15.0 Å². The average Bonchev–Trinajstić information content (AvgIpc) is 2.41. The number of carbonyl (C=O) groups excluding carboxylic acids is 2. The molecule has 0 radical (unpaired) electrons. The fraction of sp³-hybridized carbons (Fsp3) is 0.467. The normalized spacial score (nSPS) is 19.4. The van der Waals surface area contributed by atoms with Crippen LogP contribution >= 0.6 is 15.9 Å². The van der Waals surface area contributed by atoms with Gasteiger partial charge >= 0.3 is 0 Å². The molecule has 108 valence electrons. The number of halogens is 1. The highest BCUT2D eigenvalue weighted by molar-refractivity contribution is 9.10. The molecule has 5 heteroatoms. The minimum absolute atomic E-state index is 0.0883. The van der Waals surface area contributed by atoms with E-state index in [1.165, 1.54) is 0 Å². The van der Waals surface area contributed by atoms with Crippen molar-refractivity contribution in [3.63, 3.8) is 0 Å². The Balaban J connectivity index is 2.12. The van der Waals surface area contributed by atoms with Gasteiger partial charge in [-0.15, -0.1) is 0 Å². The molecule has 0 aliphatic carbocycles. The second kappa shape index (κ2) is 5.95. The van der Waals surface area contributed by atoms with Crippen LogP contribution in [0.15, 0.2) is 28.7 Å². The SMILES string of the molecule is CC(C)(C(=O)N[C@H]1CCCNC1=O)c1cccc(Br)c1. The Morgan fingerprint density at radius 2 is 2.20 bits per heavy atom. The summed E-state index contributed by atoms with van der Waals surface area (Å²) in [6.07, 6.45) is 1.60. The summed E-state index contributed by atoms with van der Waals surface area (Å²) in [6.45, 7) is 4.43. The van der Waals surface area contributed by atoms with E-state index in [9.17, 15) is 9.59 Å². The van der Waals surface area contributed by atoms with Crippen molar-refractivity contribution in [2.75, 3.05) is 6.54 Å². The first-order chi connectivity index (χ1) is 9.41. The maximum atomic E-state index is 12.5. The van der Waals surface area contributed by atoms with Crippen molar-refractivity contribution >= 4 is 27.7 Å². The molecule has 0 spiro atoms. The second-order valence-electron chi connectivity index (χ2n) is 5.59. The van der Waals surface area contributed by atoms with E-state index in [0.717, 1.165) is 16.5 Å². The third-order valence-corrected chi connectivity index (χ3v) is 4.20. The number of carbonyl (C=O) groups is 2. The highest BCUT2D eigenvalue weighted by Gasteiger charge is 2.33. The van der Waals surface area contributed by atoms with Crippen molar-refractivity contribution in [3.05, 3.63) is 34.3 Å². The minimum atomic E-state index is -0.679. The van der Waals surface area contributed by atoms with Gasteiger partial charge in [-0.1, -0.05) is 28.1 Å². The molecule has 1 saturated heterocycles. The quantitative estimate of drug-likeness (QED) is 0.886. The summed E-state index contributed by atoms with van der Waals surface area (Å²) in [5.41, 5.74) is 0.238. The van der Waals surface area contributed by atoms with Gasteiger partial charge in [0, 0.05) is 11.0 Å². The van der Waals surface area contributed by atoms with Crippen molar-refractivity contribution in [3.8, 4) is 0 Å². The van der Waals surface area contributed by atoms with Crippen molar-refractivity contribution in [2.24, 2.45) is 0 Å². The van der Waals surface area contributed by atoms with E-state index in [4.69, 9.17) is 0 Å². The summed E-state index contributed by atoms with van der Waals surface area (Å²) in [5, 5.41) is 5.64. The van der Waals surface area contributed by atoms with E-state index in [1.54, 1.807) is 0 Å². The molecule has 1 fully saturated rings. The fourth-order valence-corrected chi connectivity index (χ4v) is 2.66. The topological polar surface area (TPSA) is 58.2 Å². The van der Waals surface area contributed by atoms with Crippen LogP contribution in [0.5, 0.6) is 0 Å². The van der Waals surface area contributed by atoms with Crippen LogP contribution in [0.25, 0.3) is 0 Å². The summed E-state index contributed by atoms with van der Waals surface area (Å²) in [5.74, 6) is -0.215. The fourth-order valence-electron chi connectivity index (χ4n) is 2.26. The molecule has 1 atom stereocenters. The second-order valence-corrected chi connectivity index (χ2v) is 6.51. The molecule has 0 aromatic heterocycles. The standard InChI is InChI=1S/C15H19BrN2O2/c1-15(2,10-5-3-6-11(16)9-10)14(20)18-12-7-4-8-17-13(12)19/h3,5-6,9,12H,4,7-8H2,1-2H3,(H,17,19)(H,18,20)/t12-/m0/s1. The molecule has 1 aromatic carbocycles. The van der Waals surface area contributed by atoms with Crippen molar-refractivity contribution in [1.29, 1.82) is 0 Å². The maximum absolute atomic E-state index is 12.5. The Hall–Kier alpha value is -1.36. The lowest BCUT2D eigenvalue weighted by Gasteiger charge is -2.29. The number of amides is 2. The molecule has 1 aromatic rings. The molecule has 1 heterocycles. The van der Waals surface area contributed by atoms with Gasteiger partial charge in [0.25, 0.3) is 0 Å². The third kappa shape index (κ3) is 3.20. The highest BCUT2D eigenvalue weighted by Crippen LogP contribution is 2.26. The number of piperidine rings is 1. The number of nitrogens with one attached hydrogen (secondary N) is 2. The van der Waals surface area contributed by atoms with Crippen molar-refractivity contribution in [1.82, 2.24) is 10.6 Å². The number of rotatable bonds is 3. The van der Waals surface area contributed by atoms with E-state index in [1.807, 2.05) is 38.1 Å². The molecule has 2 rings (SSSR count). The van der Waals surface area contributed by atoms with Gasteiger partial charge in [0.15, 0.2) is 0 Å². The summed E-state index contributed by atoms with van der Waals surface area (Å²) < 4.78 is 0.936. The summed E-state index contributed by atoms with van der Waals surface area (Å²) >= 11 is 3.42. The zero-order valence-corrected chi connectivity index (χ0v) is 13.3. The zero-order chi connectivity index (χ0) is 14.8. The van der Waals surface area contributed by atoms with Crippen LogP contribution in [-0.4, -0.2) is 24.4 Å². The average molecular weight is 339 g/mol. The van der Waals surface area contributed by atoms with Gasteiger partial charge in [-0.25, -0.2) is 0 Å². The van der Waals surface area contributed by atoms with Gasteiger partial charge in [-0.05, 0) is 44.4 Å². The van der Waals surface area contributed by atoms with Gasteiger partial charge < -0.3 is 10.6 Å². The summed E-state index contributed by atoms with van der Waals surface area (Å²) in [6, 6.07) is 7.27. The van der Waals surface area contributed by atoms with Gasteiger partial charge in [0.2, 0.25) is 11.8 Å². The zero-order valence-electron chi connectivity index (χ0n) is 11.7.